The second kappa shape index (κ2) is 10.7. The van der Waals surface area contributed by atoms with Crippen LogP contribution >= 0.6 is 0 Å². The Labute approximate surface area is 108 Å². The molecule has 0 aromatic heterocycles. The van der Waals surface area contributed by atoms with E-state index in [9.17, 15) is 5.11 Å². The van der Waals surface area contributed by atoms with Gasteiger partial charge >= 0.3 is 0 Å². The average molecular weight is 264 g/mol. The Bertz CT molecular complexity index is 175. The summed E-state index contributed by atoms with van der Waals surface area (Å²) in [6.07, 6.45) is 6.00. The maximum absolute atomic E-state index is 9.48. The predicted octanol–water partition coefficient (Wildman–Crippen LogP) is 1.51. The zero-order chi connectivity index (χ0) is 13.1. The smallest absolute Gasteiger partial charge is 0.0857 e. The van der Waals surface area contributed by atoms with Crippen LogP contribution in [-0.2, 0) is 19.9 Å². The van der Waals surface area contributed by atoms with Gasteiger partial charge < -0.3 is 10.2 Å². The van der Waals surface area contributed by atoms with E-state index in [0.717, 1.165) is 38.5 Å². The van der Waals surface area contributed by atoms with Crippen molar-refractivity contribution >= 4 is 0 Å². The van der Waals surface area contributed by atoms with Gasteiger partial charge in [0.05, 0.1) is 25.9 Å². The number of rotatable bonds is 3. The minimum Gasteiger partial charge on any atom is -0.394 e. The summed E-state index contributed by atoms with van der Waals surface area (Å²) >= 11 is 0. The molecule has 0 bridgehead atoms. The molecule has 1 rings (SSSR count). The molecule has 1 fully saturated rings. The predicted molar refractivity (Wildman–Crippen MR) is 63.0 cm³/mol. The summed E-state index contributed by atoms with van der Waals surface area (Å²) in [5.41, 5.74) is 0. The van der Waals surface area contributed by atoms with Crippen LogP contribution in [0.3, 0.4) is 0 Å². The van der Waals surface area contributed by atoms with Crippen LogP contribution < -0.4 is 0 Å². The summed E-state index contributed by atoms with van der Waals surface area (Å²) < 4.78 is 0. The third kappa shape index (κ3) is 7.97. The fraction of sp³-hybridized carbons (Fsp3) is 1.00. The first-order valence-electron chi connectivity index (χ1n) is 6.69. The molecule has 2 atom stereocenters. The minimum atomic E-state index is -0.647. The van der Waals surface area contributed by atoms with Crippen molar-refractivity contribution in [3.63, 3.8) is 0 Å². The van der Waals surface area contributed by atoms with Gasteiger partial charge in [0.15, 0.2) is 0 Å². The van der Waals surface area contributed by atoms with Gasteiger partial charge in [0.1, 0.15) is 0 Å². The van der Waals surface area contributed by atoms with Crippen LogP contribution in [0.2, 0.25) is 0 Å². The fourth-order valence-corrected chi connectivity index (χ4v) is 2.11. The van der Waals surface area contributed by atoms with E-state index in [1.54, 1.807) is 0 Å². The number of aliphatic hydroxyl groups is 2. The Morgan fingerprint density at radius 2 is 1.67 bits per heavy atom. The van der Waals surface area contributed by atoms with E-state index in [0.29, 0.717) is 25.6 Å². The summed E-state index contributed by atoms with van der Waals surface area (Å²) in [5, 5.41) is 27.1. The number of aliphatic hydroxyl groups excluding tert-OH is 2. The minimum absolute atomic E-state index is 0.190. The quantitative estimate of drug-likeness (QED) is 0.752. The monoisotopic (exact) mass is 264 g/mol. The summed E-state index contributed by atoms with van der Waals surface area (Å²) in [4.78, 5) is 9.54. The SMILES string of the molecule is OCC(O)CC1CCCCCCOOOOCC1. The summed E-state index contributed by atoms with van der Waals surface area (Å²) in [6, 6.07) is 0. The van der Waals surface area contributed by atoms with Gasteiger partial charge in [-0.05, 0) is 35.3 Å². The van der Waals surface area contributed by atoms with E-state index in [4.69, 9.17) is 14.9 Å². The molecule has 0 aromatic carbocycles. The third-order valence-corrected chi connectivity index (χ3v) is 3.14. The largest absolute Gasteiger partial charge is 0.394 e. The van der Waals surface area contributed by atoms with Crippen LogP contribution in [0.25, 0.3) is 0 Å². The molecule has 0 aliphatic carbocycles. The molecular formula is C12H24O6. The van der Waals surface area contributed by atoms with Gasteiger partial charge in [-0.2, -0.15) is 0 Å². The van der Waals surface area contributed by atoms with E-state index < -0.39 is 6.10 Å². The molecule has 0 saturated carbocycles. The highest BCUT2D eigenvalue weighted by molar-refractivity contribution is 4.65. The van der Waals surface area contributed by atoms with Crippen molar-refractivity contribution in [1.29, 1.82) is 0 Å². The first-order valence-corrected chi connectivity index (χ1v) is 6.69. The van der Waals surface area contributed by atoms with Crippen LogP contribution in [0.1, 0.15) is 44.9 Å². The Morgan fingerprint density at radius 1 is 0.944 bits per heavy atom. The summed E-state index contributed by atoms with van der Waals surface area (Å²) in [7, 11) is 0. The molecule has 0 radical (unpaired) electrons. The van der Waals surface area contributed by atoms with Gasteiger partial charge in [0, 0.05) is 0 Å². The van der Waals surface area contributed by atoms with Gasteiger partial charge in [-0.25, -0.2) is 9.78 Å². The Balaban J connectivity index is 2.28. The Kier molecular flexibility index (Phi) is 9.37. The second-order valence-electron chi connectivity index (χ2n) is 4.71. The second-order valence-corrected chi connectivity index (χ2v) is 4.71. The van der Waals surface area contributed by atoms with Crippen molar-refractivity contribution in [1.82, 2.24) is 0 Å². The molecule has 18 heavy (non-hydrogen) atoms. The van der Waals surface area contributed by atoms with Crippen LogP contribution in [0.15, 0.2) is 0 Å². The van der Waals surface area contributed by atoms with Crippen LogP contribution in [-0.4, -0.2) is 36.1 Å². The average Bonchev–Trinajstić information content (AvgIpc) is 2.40. The lowest BCUT2D eigenvalue weighted by molar-refractivity contribution is -0.634. The summed E-state index contributed by atoms with van der Waals surface area (Å²) in [6.45, 7) is 0.687. The lowest BCUT2D eigenvalue weighted by atomic mass is 9.92. The molecule has 1 saturated heterocycles. The molecule has 0 aromatic rings. The molecule has 1 aliphatic heterocycles. The van der Waals surface area contributed by atoms with Gasteiger partial charge in [-0.3, -0.25) is 0 Å². The molecule has 2 N–H and O–H groups in total. The van der Waals surface area contributed by atoms with Crippen LogP contribution in [0, 0.1) is 5.92 Å². The molecule has 108 valence electrons. The van der Waals surface area contributed by atoms with Crippen molar-refractivity contribution in [2.75, 3.05) is 19.8 Å². The third-order valence-electron chi connectivity index (χ3n) is 3.14. The van der Waals surface area contributed by atoms with Crippen LogP contribution in [0.4, 0.5) is 0 Å². The number of hydrogen-bond acceptors (Lipinski definition) is 6. The van der Waals surface area contributed by atoms with Gasteiger partial charge in [-0.15, -0.1) is 0 Å². The molecule has 0 spiro atoms. The molecule has 1 aliphatic rings. The van der Waals surface area contributed by atoms with E-state index in [2.05, 4.69) is 10.1 Å². The lowest BCUT2D eigenvalue weighted by Crippen LogP contribution is -2.18. The maximum Gasteiger partial charge on any atom is 0.0857 e. The highest BCUT2D eigenvalue weighted by atomic mass is 17.7. The summed E-state index contributed by atoms with van der Waals surface area (Å²) in [5.74, 6) is 0.331. The lowest BCUT2D eigenvalue weighted by Gasteiger charge is -2.18. The van der Waals surface area contributed by atoms with Crippen molar-refractivity contribution in [2.24, 2.45) is 5.92 Å². The molecule has 0 amide bonds. The van der Waals surface area contributed by atoms with Gasteiger partial charge in [0.25, 0.3) is 0 Å². The Morgan fingerprint density at radius 3 is 2.44 bits per heavy atom. The topological polar surface area (TPSA) is 77.4 Å². The van der Waals surface area contributed by atoms with E-state index in [-0.39, 0.29) is 6.61 Å². The van der Waals surface area contributed by atoms with Gasteiger partial charge in [0.2, 0.25) is 0 Å². The highest BCUT2D eigenvalue weighted by Gasteiger charge is 2.14. The van der Waals surface area contributed by atoms with E-state index in [1.807, 2.05) is 0 Å². The number of hydrogen-bond donors (Lipinski definition) is 2. The Hall–Kier alpha value is -0.240. The molecule has 2 unspecified atom stereocenters. The zero-order valence-corrected chi connectivity index (χ0v) is 10.8. The molecular weight excluding hydrogens is 240 g/mol. The van der Waals surface area contributed by atoms with Gasteiger partial charge in [-0.1, -0.05) is 25.7 Å². The molecule has 6 heteroatoms. The normalized spacial score (nSPS) is 26.7. The van der Waals surface area contributed by atoms with Crippen molar-refractivity contribution in [2.45, 2.75) is 51.0 Å². The van der Waals surface area contributed by atoms with Crippen molar-refractivity contribution < 1.29 is 30.1 Å². The van der Waals surface area contributed by atoms with Crippen molar-refractivity contribution in [3.8, 4) is 0 Å². The molecule has 1 heterocycles. The van der Waals surface area contributed by atoms with Crippen molar-refractivity contribution in [3.05, 3.63) is 0 Å². The first-order chi connectivity index (χ1) is 8.83. The van der Waals surface area contributed by atoms with Crippen LogP contribution in [0.5, 0.6) is 0 Å². The van der Waals surface area contributed by atoms with E-state index in [1.165, 1.54) is 0 Å². The zero-order valence-electron chi connectivity index (χ0n) is 10.8. The first kappa shape index (κ1) is 15.8. The van der Waals surface area contributed by atoms with E-state index >= 15 is 0 Å². The standard InChI is InChI=1S/C12H24O6/c13-10-12(14)9-11-5-3-1-2-4-7-15-17-18-16-8-6-11/h11-14H,1-10H2. The fourth-order valence-electron chi connectivity index (χ4n) is 2.11. The molecule has 6 nitrogen and oxygen atoms in total. The maximum atomic E-state index is 9.48. The highest BCUT2D eigenvalue weighted by Crippen LogP contribution is 2.20.